The van der Waals surface area contributed by atoms with Crippen molar-refractivity contribution in [1.29, 1.82) is 0 Å². The molecule has 1 N–H and O–H groups in total. The molecule has 0 aromatic heterocycles. The molecule has 0 saturated carbocycles. The van der Waals surface area contributed by atoms with Crippen molar-refractivity contribution in [1.82, 2.24) is 0 Å². The van der Waals surface area contributed by atoms with Crippen LogP contribution in [0, 0.1) is 0 Å². The molecule has 0 unspecified atom stereocenters. The molecule has 0 radical (unpaired) electrons. The second-order valence-electron chi connectivity index (χ2n) is 3.53. The fourth-order valence-electron chi connectivity index (χ4n) is 1.34. The van der Waals surface area contributed by atoms with E-state index in [9.17, 15) is 5.11 Å². The number of methoxy groups -OCH3 is 1. The van der Waals surface area contributed by atoms with E-state index in [-0.39, 0.29) is 5.75 Å². The average molecular weight is 307 g/mol. The van der Waals surface area contributed by atoms with Crippen molar-refractivity contribution in [2.75, 3.05) is 7.11 Å². The van der Waals surface area contributed by atoms with Crippen LogP contribution in [-0.4, -0.2) is 12.2 Å². The molecule has 18 heavy (non-hydrogen) atoms. The molecule has 0 aliphatic carbocycles. The number of nitrogens with zero attached hydrogens (tertiary/aromatic N) is 2. The zero-order chi connectivity index (χ0) is 13.0. The second kappa shape index (κ2) is 5.64. The van der Waals surface area contributed by atoms with E-state index in [1.807, 2.05) is 0 Å². The molecule has 0 saturated heterocycles. The molecule has 0 fully saturated rings. The molecule has 0 amide bonds. The quantitative estimate of drug-likeness (QED) is 0.844. The van der Waals surface area contributed by atoms with Gasteiger partial charge in [0, 0.05) is 4.47 Å². The normalized spacial score (nSPS) is 10.8. The van der Waals surface area contributed by atoms with Gasteiger partial charge in [0.2, 0.25) is 0 Å². The summed E-state index contributed by atoms with van der Waals surface area (Å²) in [6, 6.07) is 12.2. The van der Waals surface area contributed by atoms with Crippen LogP contribution in [0.5, 0.6) is 11.5 Å². The van der Waals surface area contributed by atoms with Gasteiger partial charge in [0.25, 0.3) is 0 Å². The zero-order valence-electron chi connectivity index (χ0n) is 9.67. The fourth-order valence-corrected chi connectivity index (χ4v) is 1.69. The minimum atomic E-state index is 0.0930. The van der Waals surface area contributed by atoms with E-state index in [2.05, 4.69) is 26.2 Å². The number of halogens is 1. The first-order valence-corrected chi connectivity index (χ1v) is 6.02. The number of aromatic hydroxyl groups is 1. The lowest BCUT2D eigenvalue weighted by molar-refractivity contribution is 0.415. The number of ether oxygens (including phenoxy) is 1. The Hall–Kier alpha value is -1.88. The van der Waals surface area contributed by atoms with Crippen molar-refractivity contribution in [3.63, 3.8) is 0 Å². The highest BCUT2D eigenvalue weighted by Crippen LogP contribution is 2.31. The van der Waals surface area contributed by atoms with Gasteiger partial charge in [-0.3, -0.25) is 0 Å². The number of hydrogen-bond acceptors (Lipinski definition) is 4. The molecule has 0 atom stereocenters. The Morgan fingerprint density at radius 2 is 1.78 bits per heavy atom. The molecule has 0 aliphatic rings. The summed E-state index contributed by atoms with van der Waals surface area (Å²) in [5.74, 6) is 0.856. The van der Waals surface area contributed by atoms with Gasteiger partial charge in [-0.15, -0.1) is 5.11 Å². The van der Waals surface area contributed by atoms with Gasteiger partial charge < -0.3 is 9.84 Å². The average Bonchev–Trinajstić information content (AvgIpc) is 2.40. The van der Waals surface area contributed by atoms with E-state index in [0.717, 1.165) is 10.2 Å². The van der Waals surface area contributed by atoms with E-state index >= 15 is 0 Å². The van der Waals surface area contributed by atoms with Crippen LogP contribution in [0.3, 0.4) is 0 Å². The van der Waals surface area contributed by atoms with Gasteiger partial charge in [-0.2, -0.15) is 5.11 Å². The van der Waals surface area contributed by atoms with E-state index < -0.39 is 0 Å². The SMILES string of the molecule is COc1ccc(N=Nc2cc(Br)ccc2O)cc1. The second-order valence-corrected chi connectivity index (χ2v) is 4.45. The maximum Gasteiger partial charge on any atom is 0.143 e. The van der Waals surface area contributed by atoms with Gasteiger partial charge in [-0.05, 0) is 42.5 Å². The molecule has 5 heteroatoms. The van der Waals surface area contributed by atoms with Crippen LogP contribution in [0.15, 0.2) is 57.2 Å². The zero-order valence-corrected chi connectivity index (χ0v) is 11.3. The van der Waals surface area contributed by atoms with Crippen LogP contribution in [0.1, 0.15) is 0 Å². The van der Waals surface area contributed by atoms with E-state index in [1.54, 1.807) is 49.6 Å². The fraction of sp³-hybridized carbons (Fsp3) is 0.0769. The standard InChI is InChI=1S/C13H11BrN2O2/c1-18-11-5-3-10(4-6-11)15-16-12-8-9(14)2-7-13(12)17/h2-8,17H,1H3. The van der Waals surface area contributed by atoms with Gasteiger partial charge in [0.15, 0.2) is 0 Å². The van der Waals surface area contributed by atoms with E-state index in [4.69, 9.17) is 4.74 Å². The van der Waals surface area contributed by atoms with Gasteiger partial charge in [-0.1, -0.05) is 15.9 Å². The van der Waals surface area contributed by atoms with Crippen LogP contribution in [0.25, 0.3) is 0 Å². The molecule has 2 aromatic carbocycles. The van der Waals surface area contributed by atoms with Gasteiger partial charge in [-0.25, -0.2) is 0 Å². The van der Waals surface area contributed by atoms with Crippen LogP contribution in [0.2, 0.25) is 0 Å². The lowest BCUT2D eigenvalue weighted by atomic mass is 10.3. The minimum Gasteiger partial charge on any atom is -0.506 e. The molecule has 92 valence electrons. The third kappa shape index (κ3) is 3.07. The molecular weight excluding hydrogens is 296 g/mol. The molecule has 2 rings (SSSR count). The lowest BCUT2D eigenvalue weighted by Gasteiger charge is -1.99. The number of azo groups is 1. The third-order valence-electron chi connectivity index (χ3n) is 2.28. The first-order valence-electron chi connectivity index (χ1n) is 5.23. The highest BCUT2D eigenvalue weighted by Gasteiger charge is 2.00. The molecular formula is C13H11BrN2O2. The molecule has 0 aliphatic heterocycles. The summed E-state index contributed by atoms with van der Waals surface area (Å²) >= 11 is 3.31. The highest BCUT2D eigenvalue weighted by atomic mass is 79.9. The van der Waals surface area contributed by atoms with Crippen molar-refractivity contribution in [2.24, 2.45) is 10.2 Å². The molecule has 0 bridgehead atoms. The van der Waals surface area contributed by atoms with Crippen LogP contribution >= 0.6 is 15.9 Å². The number of hydrogen-bond donors (Lipinski definition) is 1. The van der Waals surface area contributed by atoms with Gasteiger partial charge >= 0.3 is 0 Å². The monoisotopic (exact) mass is 306 g/mol. The summed E-state index contributed by atoms with van der Waals surface area (Å²) in [5.41, 5.74) is 1.11. The van der Waals surface area contributed by atoms with E-state index in [1.165, 1.54) is 0 Å². The largest absolute Gasteiger partial charge is 0.506 e. The predicted molar refractivity (Wildman–Crippen MR) is 73.0 cm³/mol. The first-order chi connectivity index (χ1) is 8.69. The summed E-state index contributed by atoms with van der Waals surface area (Å²) < 4.78 is 5.89. The highest BCUT2D eigenvalue weighted by molar-refractivity contribution is 9.10. The Bertz CT molecular complexity index is 568. The molecule has 2 aromatic rings. The van der Waals surface area contributed by atoms with Crippen LogP contribution in [0.4, 0.5) is 11.4 Å². The van der Waals surface area contributed by atoms with Crippen molar-refractivity contribution in [3.8, 4) is 11.5 Å². The predicted octanol–water partition coefficient (Wildman–Crippen LogP) is 4.58. The Morgan fingerprint density at radius 1 is 1.06 bits per heavy atom. The summed E-state index contributed by atoms with van der Waals surface area (Å²) in [6.45, 7) is 0. The maximum absolute atomic E-state index is 9.60. The van der Waals surface area contributed by atoms with Crippen LogP contribution in [-0.2, 0) is 0 Å². The number of phenolic OH excluding ortho intramolecular Hbond substituents is 1. The van der Waals surface area contributed by atoms with Gasteiger partial charge in [0.05, 0.1) is 12.8 Å². The number of benzene rings is 2. The summed E-state index contributed by atoms with van der Waals surface area (Å²) in [6.07, 6.45) is 0. The Kier molecular flexibility index (Phi) is 3.94. The molecule has 0 spiro atoms. The summed E-state index contributed by atoms with van der Waals surface area (Å²) in [5, 5.41) is 17.6. The van der Waals surface area contributed by atoms with Crippen molar-refractivity contribution < 1.29 is 9.84 Å². The van der Waals surface area contributed by atoms with Crippen molar-refractivity contribution in [2.45, 2.75) is 0 Å². The first kappa shape index (κ1) is 12.6. The maximum atomic E-state index is 9.60. The number of phenols is 1. The van der Waals surface area contributed by atoms with Crippen molar-refractivity contribution >= 4 is 27.3 Å². The Balaban J connectivity index is 2.21. The smallest absolute Gasteiger partial charge is 0.143 e. The van der Waals surface area contributed by atoms with Crippen molar-refractivity contribution in [3.05, 3.63) is 46.9 Å². The summed E-state index contributed by atoms with van der Waals surface area (Å²) in [4.78, 5) is 0. The summed E-state index contributed by atoms with van der Waals surface area (Å²) in [7, 11) is 1.61. The van der Waals surface area contributed by atoms with E-state index in [0.29, 0.717) is 11.4 Å². The van der Waals surface area contributed by atoms with Gasteiger partial charge in [0.1, 0.15) is 17.2 Å². The molecule has 0 heterocycles. The Morgan fingerprint density at radius 3 is 2.44 bits per heavy atom. The topological polar surface area (TPSA) is 54.2 Å². The third-order valence-corrected chi connectivity index (χ3v) is 2.78. The molecule has 4 nitrogen and oxygen atoms in total. The lowest BCUT2D eigenvalue weighted by Crippen LogP contribution is -1.79. The number of rotatable bonds is 3. The van der Waals surface area contributed by atoms with Crippen LogP contribution < -0.4 is 4.74 Å². The Labute approximate surface area is 113 Å². The minimum absolute atomic E-state index is 0.0930.